The van der Waals surface area contributed by atoms with Crippen molar-refractivity contribution in [2.45, 2.75) is 9.79 Å². The molecule has 1 aliphatic rings. The molecule has 0 spiro atoms. The number of benzene rings is 2. The van der Waals surface area contributed by atoms with E-state index in [-0.39, 0.29) is 26.5 Å². The van der Waals surface area contributed by atoms with Gasteiger partial charge in [-0.1, -0.05) is 0 Å². The summed E-state index contributed by atoms with van der Waals surface area (Å²) < 4.78 is 16.8. The van der Waals surface area contributed by atoms with E-state index in [1.165, 1.54) is 42.5 Å². The number of nitro benzene ring substituents is 2. The normalized spacial score (nSPS) is 16.7. The molecule has 1 N–H and O–H groups in total. The molecule has 0 aliphatic carbocycles. The van der Waals surface area contributed by atoms with Gasteiger partial charge in [0.2, 0.25) is 0 Å². The van der Waals surface area contributed by atoms with E-state index < -0.39 is 20.0 Å². The third kappa shape index (κ3) is 2.31. The molecule has 2 aromatic carbocycles. The summed E-state index contributed by atoms with van der Waals surface area (Å²) in [5.41, 5.74) is -0.122. The molecular formula is C12H9N3O5SSe. The summed E-state index contributed by atoms with van der Waals surface area (Å²) in [4.78, 5) is 21.4. The molecule has 0 fully saturated rings. The summed E-state index contributed by atoms with van der Waals surface area (Å²) in [6, 6.07) is 9.75. The summed E-state index contributed by atoms with van der Waals surface area (Å²) in [5, 5.41) is 21.5. The van der Waals surface area contributed by atoms with E-state index in [0.29, 0.717) is 14.3 Å². The van der Waals surface area contributed by atoms with Crippen LogP contribution in [0.1, 0.15) is 0 Å². The Hall–Kier alpha value is -2.13. The van der Waals surface area contributed by atoms with Gasteiger partial charge in [0, 0.05) is 0 Å². The summed E-state index contributed by atoms with van der Waals surface area (Å²) in [7, 11) is -3.08. The average molecular weight is 386 g/mol. The van der Waals surface area contributed by atoms with Gasteiger partial charge in [0.05, 0.1) is 0 Å². The molecule has 0 bridgehead atoms. The molecule has 0 amide bonds. The van der Waals surface area contributed by atoms with Crippen LogP contribution in [0.15, 0.2) is 52.3 Å². The van der Waals surface area contributed by atoms with Crippen molar-refractivity contribution in [3.63, 3.8) is 0 Å². The molecule has 22 heavy (non-hydrogen) atoms. The average Bonchev–Trinajstić information content (AvgIpc) is 2.85. The molecule has 2 aromatic rings. The van der Waals surface area contributed by atoms with Crippen molar-refractivity contribution < 1.29 is 14.1 Å². The zero-order chi connectivity index (χ0) is 15.9. The maximum atomic E-state index is 13.2. The van der Waals surface area contributed by atoms with Crippen LogP contribution >= 0.6 is 0 Å². The summed E-state index contributed by atoms with van der Waals surface area (Å²) in [5.74, 6) is 0. The Labute approximate surface area is 131 Å². The van der Waals surface area contributed by atoms with E-state index in [0.717, 1.165) is 0 Å². The fourth-order valence-corrected chi connectivity index (χ4v) is 8.53. The third-order valence-electron chi connectivity index (χ3n) is 3.20. The number of hydrogen-bond donors (Lipinski definition) is 2. The Morgan fingerprint density at radius 1 is 0.955 bits per heavy atom. The molecule has 0 atom stereocenters. The fraction of sp³-hybridized carbons (Fsp3) is 0. The van der Waals surface area contributed by atoms with Gasteiger partial charge in [-0.25, -0.2) is 0 Å². The van der Waals surface area contributed by atoms with Crippen molar-refractivity contribution in [2.24, 2.45) is 0 Å². The first kappa shape index (κ1) is 14.8. The van der Waals surface area contributed by atoms with Crippen LogP contribution in [0.3, 0.4) is 0 Å². The second-order valence-corrected chi connectivity index (χ2v) is 9.38. The number of nitrogens with one attached hydrogen (secondary N) is 1. The second kappa shape index (κ2) is 5.25. The van der Waals surface area contributed by atoms with Gasteiger partial charge in [-0.3, -0.25) is 0 Å². The molecule has 0 saturated heterocycles. The summed E-state index contributed by atoms with van der Waals surface area (Å²) in [6.07, 6.45) is 0. The Morgan fingerprint density at radius 3 is 2.14 bits per heavy atom. The predicted molar refractivity (Wildman–Crippen MR) is 80.8 cm³/mol. The zero-order valence-electron chi connectivity index (χ0n) is 10.8. The molecule has 8 nitrogen and oxygen atoms in total. The number of nitro groups is 2. The van der Waals surface area contributed by atoms with Crippen LogP contribution in [0.25, 0.3) is 0 Å². The Bertz CT molecular complexity index is 839. The van der Waals surface area contributed by atoms with E-state index in [1.54, 1.807) is 0 Å². The van der Waals surface area contributed by atoms with Crippen molar-refractivity contribution >= 4 is 41.1 Å². The SMILES string of the molecule is O=[N+]([O-])c1ccc([SH]2(=O)N[Se]c3cc([N+](=O)[O-])ccc32)cc1. The topological polar surface area (TPSA) is 115 Å². The molecule has 0 unspecified atom stereocenters. The summed E-state index contributed by atoms with van der Waals surface area (Å²) in [6.45, 7) is 0. The van der Waals surface area contributed by atoms with Crippen molar-refractivity contribution in [1.82, 2.24) is 3.74 Å². The van der Waals surface area contributed by atoms with Gasteiger partial charge in [0.1, 0.15) is 0 Å². The molecule has 0 saturated carbocycles. The van der Waals surface area contributed by atoms with Crippen LogP contribution in [0, 0.1) is 20.2 Å². The first-order chi connectivity index (χ1) is 10.4. The van der Waals surface area contributed by atoms with Crippen LogP contribution in [0.5, 0.6) is 0 Å². The molecular weight excluding hydrogens is 377 g/mol. The van der Waals surface area contributed by atoms with Gasteiger partial charge >= 0.3 is 131 Å². The molecule has 1 heterocycles. The zero-order valence-corrected chi connectivity index (χ0v) is 13.4. The fourth-order valence-electron chi connectivity index (χ4n) is 2.10. The van der Waals surface area contributed by atoms with Gasteiger partial charge in [-0.15, -0.1) is 0 Å². The second-order valence-electron chi connectivity index (χ2n) is 4.49. The Morgan fingerprint density at radius 2 is 1.55 bits per heavy atom. The summed E-state index contributed by atoms with van der Waals surface area (Å²) >= 11 is -0.349. The van der Waals surface area contributed by atoms with Crippen LogP contribution in [-0.4, -0.2) is 29.2 Å². The molecule has 10 heteroatoms. The number of fused-ring (bicyclic) bond motifs is 1. The molecule has 3 rings (SSSR count). The van der Waals surface area contributed by atoms with Gasteiger partial charge in [-0.05, 0) is 0 Å². The Kier molecular flexibility index (Phi) is 3.53. The number of non-ortho nitro benzene ring substituents is 2. The quantitative estimate of drug-likeness (QED) is 0.349. The van der Waals surface area contributed by atoms with E-state index in [9.17, 15) is 24.4 Å². The van der Waals surface area contributed by atoms with Crippen molar-refractivity contribution in [1.29, 1.82) is 0 Å². The van der Waals surface area contributed by atoms with Crippen molar-refractivity contribution in [3.8, 4) is 0 Å². The van der Waals surface area contributed by atoms with E-state index >= 15 is 0 Å². The van der Waals surface area contributed by atoms with Crippen LogP contribution in [-0.2, 0) is 10.1 Å². The van der Waals surface area contributed by atoms with Gasteiger partial charge in [-0.2, -0.15) is 0 Å². The van der Waals surface area contributed by atoms with Gasteiger partial charge in [0.15, 0.2) is 0 Å². The number of nitrogens with zero attached hydrogens (tertiary/aromatic N) is 2. The maximum absolute atomic E-state index is 13.2. The number of hydrogen-bond acceptors (Lipinski definition) is 5. The van der Waals surface area contributed by atoms with Crippen LogP contribution in [0.4, 0.5) is 11.4 Å². The molecule has 0 aromatic heterocycles. The van der Waals surface area contributed by atoms with Crippen molar-refractivity contribution in [3.05, 3.63) is 62.7 Å². The minimum absolute atomic E-state index is 0.0421. The number of rotatable bonds is 3. The first-order valence-electron chi connectivity index (χ1n) is 6.00. The monoisotopic (exact) mass is 387 g/mol. The standard InChI is InChI=1S/C12H9N3O5SSe/c16-14(17)8-1-4-10(5-2-8)21(20)11-6-3-9(15(18)19)7-12(11)22-13-21/h1-7,21H,(H,13,20). The van der Waals surface area contributed by atoms with Gasteiger partial charge < -0.3 is 0 Å². The third-order valence-corrected chi connectivity index (χ3v) is 9.35. The van der Waals surface area contributed by atoms with Crippen LogP contribution in [0.2, 0.25) is 0 Å². The van der Waals surface area contributed by atoms with E-state index in [2.05, 4.69) is 3.74 Å². The predicted octanol–water partition coefficient (Wildman–Crippen LogP) is 0.700. The molecule has 0 radical (unpaired) electrons. The van der Waals surface area contributed by atoms with Crippen molar-refractivity contribution in [2.75, 3.05) is 0 Å². The first-order valence-corrected chi connectivity index (χ1v) is 9.42. The minimum atomic E-state index is -3.08. The van der Waals surface area contributed by atoms with Crippen LogP contribution < -0.4 is 8.20 Å². The number of thiol groups is 1. The molecule has 114 valence electrons. The van der Waals surface area contributed by atoms with Gasteiger partial charge in [0.25, 0.3) is 0 Å². The van der Waals surface area contributed by atoms with E-state index in [4.69, 9.17) is 0 Å². The van der Waals surface area contributed by atoms with E-state index in [1.807, 2.05) is 0 Å². The Balaban J connectivity index is 2.05. The molecule has 1 aliphatic heterocycles.